The van der Waals surface area contributed by atoms with E-state index in [1.165, 1.54) is 18.4 Å². The van der Waals surface area contributed by atoms with Gasteiger partial charge < -0.3 is 14.8 Å². The summed E-state index contributed by atoms with van der Waals surface area (Å²) in [7, 11) is 3.48. The van der Waals surface area contributed by atoms with E-state index in [0.29, 0.717) is 12.6 Å². The van der Waals surface area contributed by atoms with E-state index in [4.69, 9.17) is 9.47 Å². The average Bonchev–Trinajstić information content (AvgIpc) is 3.24. The van der Waals surface area contributed by atoms with Gasteiger partial charge in [-0.15, -0.1) is 5.10 Å². The number of benzene rings is 1. The summed E-state index contributed by atoms with van der Waals surface area (Å²) in [6, 6.07) is 6.71. The third-order valence-electron chi connectivity index (χ3n) is 3.43. The minimum Gasteiger partial charge on any atom is -0.493 e. The van der Waals surface area contributed by atoms with Gasteiger partial charge in [-0.1, -0.05) is 11.3 Å². The molecule has 0 bridgehead atoms. The maximum absolute atomic E-state index is 5.82. The summed E-state index contributed by atoms with van der Waals surface area (Å²) < 4.78 is 12.8. The van der Waals surface area contributed by atoms with Gasteiger partial charge in [-0.3, -0.25) is 4.68 Å². The van der Waals surface area contributed by atoms with Crippen LogP contribution in [0.4, 0.5) is 0 Å². The lowest BCUT2D eigenvalue weighted by Crippen LogP contribution is -2.15. The van der Waals surface area contributed by atoms with E-state index < -0.39 is 0 Å². The Hall–Kier alpha value is -2.08. The molecule has 1 N–H and O–H groups in total. The number of rotatable bonds is 7. The first-order chi connectivity index (χ1) is 10.2. The van der Waals surface area contributed by atoms with E-state index in [1.54, 1.807) is 11.8 Å². The third kappa shape index (κ3) is 3.72. The summed E-state index contributed by atoms with van der Waals surface area (Å²) in [5.41, 5.74) is 1.98. The number of aryl methyl sites for hydroxylation is 1. The van der Waals surface area contributed by atoms with Gasteiger partial charge in [0.1, 0.15) is 12.3 Å². The molecule has 0 spiro atoms. The molecular formula is C15H20N4O2. The lowest BCUT2D eigenvalue weighted by molar-refractivity contribution is 0.280. The molecule has 1 aromatic heterocycles. The Bertz CT molecular complexity index is 607. The van der Waals surface area contributed by atoms with E-state index in [2.05, 4.69) is 21.7 Å². The minimum absolute atomic E-state index is 0.379. The van der Waals surface area contributed by atoms with Gasteiger partial charge in [-0.25, -0.2) is 0 Å². The lowest BCUT2D eigenvalue weighted by Gasteiger charge is -2.12. The molecule has 0 saturated heterocycles. The van der Waals surface area contributed by atoms with Crippen LogP contribution < -0.4 is 14.8 Å². The van der Waals surface area contributed by atoms with E-state index in [-0.39, 0.29) is 0 Å². The number of methoxy groups -OCH3 is 1. The molecule has 2 aromatic rings. The van der Waals surface area contributed by atoms with Crippen molar-refractivity contribution in [1.82, 2.24) is 20.3 Å². The molecule has 3 rings (SSSR count). The highest BCUT2D eigenvalue weighted by Gasteiger charge is 2.20. The Labute approximate surface area is 124 Å². The molecule has 1 fully saturated rings. The van der Waals surface area contributed by atoms with Crippen molar-refractivity contribution in [2.45, 2.75) is 32.0 Å². The molecule has 1 aliphatic rings. The topological polar surface area (TPSA) is 61.2 Å². The number of ether oxygens (including phenoxy) is 2. The lowest BCUT2D eigenvalue weighted by atomic mass is 10.2. The molecular weight excluding hydrogens is 268 g/mol. The number of hydrogen-bond donors (Lipinski definition) is 1. The molecule has 6 heteroatoms. The van der Waals surface area contributed by atoms with Gasteiger partial charge in [0.15, 0.2) is 11.5 Å². The van der Waals surface area contributed by atoms with E-state index in [1.807, 2.05) is 25.4 Å². The van der Waals surface area contributed by atoms with Crippen molar-refractivity contribution < 1.29 is 9.47 Å². The van der Waals surface area contributed by atoms with Crippen molar-refractivity contribution in [2.75, 3.05) is 7.11 Å². The largest absolute Gasteiger partial charge is 0.493 e. The number of nitrogens with one attached hydrogen (secondary N) is 1. The van der Waals surface area contributed by atoms with Crippen LogP contribution >= 0.6 is 0 Å². The highest BCUT2D eigenvalue weighted by molar-refractivity contribution is 5.43. The highest BCUT2D eigenvalue weighted by Crippen LogP contribution is 2.29. The van der Waals surface area contributed by atoms with Crippen LogP contribution in [0.1, 0.15) is 24.1 Å². The molecule has 6 nitrogen and oxygen atoms in total. The maximum Gasteiger partial charge on any atom is 0.162 e. The first-order valence-electron chi connectivity index (χ1n) is 7.13. The molecule has 0 atom stereocenters. The molecule has 21 heavy (non-hydrogen) atoms. The third-order valence-corrected chi connectivity index (χ3v) is 3.43. The van der Waals surface area contributed by atoms with Crippen molar-refractivity contribution in [3.63, 3.8) is 0 Å². The Morgan fingerprint density at radius 3 is 2.86 bits per heavy atom. The molecule has 1 heterocycles. The van der Waals surface area contributed by atoms with Crippen molar-refractivity contribution in [1.29, 1.82) is 0 Å². The van der Waals surface area contributed by atoms with E-state index >= 15 is 0 Å². The molecule has 1 aromatic carbocycles. The second-order valence-electron chi connectivity index (χ2n) is 5.31. The molecule has 0 amide bonds. The fourth-order valence-corrected chi connectivity index (χ4v) is 2.11. The van der Waals surface area contributed by atoms with Crippen molar-refractivity contribution >= 4 is 0 Å². The van der Waals surface area contributed by atoms with Crippen molar-refractivity contribution in [2.24, 2.45) is 7.05 Å². The van der Waals surface area contributed by atoms with Crippen LogP contribution in [0.15, 0.2) is 24.4 Å². The van der Waals surface area contributed by atoms with Crippen LogP contribution in [-0.4, -0.2) is 28.1 Å². The summed E-state index contributed by atoms with van der Waals surface area (Å²) in [6.07, 6.45) is 4.41. The van der Waals surface area contributed by atoms with Gasteiger partial charge in [0.05, 0.1) is 13.3 Å². The van der Waals surface area contributed by atoms with E-state index in [9.17, 15) is 0 Å². The van der Waals surface area contributed by atoms with Crippen LogP contribution in [0, 0.1) is 0 Å². The van der Waals surface area contributed by atoms with Gasteiger partial charge in [0.25, 0.3) is 0 Å². The number of nitrogens with zero attached hydrogens (tertiary/aromatic N) is 3. The van der Waals surface area contributed by atoms with Crippen LogP contribution in [0.3, 0.4) is 0 Å². The Balaban J connectivity index is 1.66. The second kappa shape index (κ2) is 6.13. The highest BCUT2D eigenvalue weighted by atomic mass is 16.5. The van der Waals surface area contributed by atoms with Gasteiger partial charge in [0.2, 0.25) is 0 Å². The van der Waals surface area contributed by atoms with Crippen LogP contribution in [-0.2, 0) is 20.2 Å². The minimum atomic E-state index is 0.379. The molecule has 0 unspecified atom stereocenters. The Morgan fingerprint density at radius 2 is 2.19 bits per heavy atom. The van der Waals surface area contributed by atoms with E-state index in [0.717, 1.165) is 23.7 Å². The fourth-order valence-electron chi connectivity index (χ4n) is 2.11. The first kappa shape index (κ1) is 13.9. The first-order valence-corrected chi connectivity index (χ1v) is 7.13. The standard InChI is InChI=1S/C15H20N4O2/c1-19-9-13(17-18-19)10-21-15-7-11(3-6-14(15)20-2)8-16-12-4-5-12/h3,6-7,9,12,16H,4-5,8,10H2,1-2H3. The predicted octanol–water partition coefficient (Wildman–Crippen LogP) is 1.65. The Morgan fingerprint density at radius 1 is 1.33 bits per heavy atom. The van der Waals surface area contributed by atoms with Crippen LogP contribution in [0.25, 0.3) is 0 Å². The SMILES string of the molecule is COc1ccc(CNC2CC2)cc1OCc1cn(C)nn1. The van der Waals surface area contributed by atoms with Gasteiger partial charge in [0, 0.05) is 19.6 Å². The summed E-state index contributed by atoms with van der Waals surface area (Å²) >= 11 is 0. The summed E-state index contributed by atoms with van der Waals surface area (Å²) in [5.74, 6) is 1.47. The van der Waals surface area contributed by atoms with Gasteiger partial charge >= 0.3 is 0 Å². The van der Waals surface area contributed by atoms with Crippen LogP contribution in [0.2, 0.25) is 0 Å². The molecule has 0 radical (unpaired) electrons. The average molecular weight is 288 g/mol. The number of hydrogen-bond acceptors (Lipinski definition) is 5. The predicted molar refractivity (Wildman–Crippen MR) is 78.2 cm³/mol. The van der Waals surface area contributed by atoms with Gasteiger partial charge in [-0.05, 0) is 30.5 Å². The van der Waals surface area contributed by atoms with Crippen molar-refractivity contribution in [3.8, 4) is 11.5 Å². The molecule has 1 aliphatic carbocycles. The van der Waals surface area contributed by atoms with Crippen molar-refractivity contribution in [3.05, 3.63) is 35.7 Å². The summed E-state index contributed by atoms with van der Waals surface area (Å²) in [6.45, 7) is 1.24. The van der Waals surface area contributed by atoms with Gasteiger partial charge in [-0.2, -0.15) is 0 Å². The molecule has 0 aliphatic heterocycles. The zero-order chi connectivity index (χ0) is 14.7. The number of aromatic nitrogens is 3. The second-order valence-corrected chi connectivity index (χ2v) is 5.31. The molecule has 112 valence electrons. The Kier molecular flexibility index (Phi) is 4.06. The monoisotopic (exact) mass is 288 g/mol. The fraction of sp³-hybridized carbons (Fsp3) is 0.467. The summed E-state index contributed by atoms with van der Waals surface area (Å²) in [5, 5.41) is 11.4. The molecule has 1 saturated carbocycles. The zero-order valence-corrected chi connectivity index (χ0v) is 12.4. The quantitative estimate of drug-likeness (QED) is 0.839. The van der Waals surface area contributed by atoms with Crippen LogP contribution in [0.5, 0.6) is 11.5 Å². The normalized spacial score (nSPS) is 14.2. The smallest absolute Gasteiger partial charge is 0.162 e. The maximum atomic E-state index is 5.82. The summed E-state index contributed by atoms with van der Waals surface area (Å²) in [4.78, 5) is 0. The zero-order valence-electron chi connectivity index (χ0n) is 12.4.